The van der Waals surface area contributed by atoms with Gasteiger partial charge >= 0.3 is 0 Å². The van der Waals surface area contributed by atoms with Crippen LogP contribution < -0.4 is 5.32 Å². The minimum atomic E-state index is -0.689. The fourth-order valence-electron chi connectivity index (χ4n) is 2.02. The average molecular weight is 265 g/mol. The Morgan fingerprint density at radius 3 is 2.60 bits per heavy atom. The van der Waals surface area contributed by atoms with Crippen LogP contribution in [0, 0.1) is 0 Å². The zero-order chi connectivity index (χ0) is 13.9. The number of rotatable bonds is 3. The highest BCUT2D eigenvalue weighted by molar-refractivity contribution is 6.46. The molecule has 2 aromatic carbocycles. The van der Waals surface area contributed by atoms with Crippen LogP contribution in [0.4, 0.5) is 5.69 Å². The van der Waals surface area contributed by atoms with Gasteiger partial charge < -0.3 is 5.32 Å². The van der Waals surface area contributed by atoms with Crippen molar-refractivity contribution in [3.05, 3.63) is 60.4 Å². The van der Waals surface area contributed by atoms with Gasteiger partial charge in [-0.1, -0.05) is 36.4 Å². The van der Waals surface area contributed by atoms with Gasteiger partial charge in [0.25, 0.3) is 11.7 Å². The number of amides is 1. The van der Waals surface area contributed by atoms with Gasteiger partial charge in [0.1, 0.15) is 5.69 Å². The number of aromatic nitrogens is 2. The van der Waals surface area contributed by atoms with Gasteiger partial charge in [0, 0.05) is 17.3 Å². The van der Waals surface area contributed by atoms with Crippen LogP contribution in [0.3, 0.4) is 0 Å². The van der Waals surface area contributed by atoms with E-state index in [4.69, 9.17) is 0 Å². The predicted octanol–water partition coefficient (Wildman–Crippen LogP) is 2.38. The van der Waals surface area contributed by atoms with Gasteiger partial charge in [-0.25, -0.2) is 0 Å². The quantitative estimate of drug-likeness (QED) is 0.564. The highest BCUT2D eigenvalue weighted by Gasteiger charge is 2.18. The Morgan fingerprint density at radius 2 is 1.80 bits per heavy atom. The van der Waals surface area contributed by atoms with E-state index in [1.54, 1.807) is 6.07 Å². The van der Waals surface area contributed by atoms with E-state index in [0.29, 0.717) is 5.69 Å². The van der Waals surface area contributed by atoms with E-state index in [1.807, 2.05) is 36.4 Å². The highest BCUT2D eigenvalue weighted by atomic mass is 16.2. The van der Waals surface area contributed by atoms with Gasteiger partial charge in [0.05, 0.1) is 0 Å². The fraction of sp³-hybridized carbons (Fsp3) is 0. The molecule has 5 nitrogen and oxygen atoms in total. The second kappa shape index (κ2) is 4.97. The molecule has 1 aromatic heterocycles. The lowest BCUT2D eigenvalue weighted by Crippen LogP contribution is -2.23. The Balaban J connectivity index is 1.90. The van der Waals surface area contributed by atoms with E-state index in [9.17, 15) is 9.59 Å². The largest absolute Gasteiger partial charge is 0.319 e. The molecular weight excluding hydrogens is 254 g/mol. The molecule has 0 aliphatic rings. The van der Waals surface area contributed by atoms with Crippen molar-refractivity contribution in [1.29, 1.82) is 0 Å². The number of hydrogen-bond donors (Lipinski definition) is 2. The molecule has 5 heteroatoms. The number of Topliss-reactive ketones (excluding diaryl/α,β-unsaturated/α-hetero) is 1. The Hall–Kier alpha value is -2.95. The molecule has 98 valence electrons. The molecule has 0 spiro atoms. The molecule has 2 N–H and O–H groups in total. The summed E-state index contributed by atoms with van der Waals surface area (Å²) in [6, 6.07) is 14.7. The summed E-state index contributed by atoms with van der Waals surface area (Å²) in [5.41, 5.74) is 0.781. The van der Waals surface area contributed by atoms with Crippen molar-refractivity contribution in [2.24, 2.45) is 0 Å². The lowest BCUT2D eigenvalue weighted by atomic mass is 10.1. The SMILES string of the molecule is O=C(Nc1cccc2ccccc12)C(=O)c1ccn[nH]1. The highest BCUT2D eigenvalue weighted by Crippen LogP contribution is 2.22. The van der Waals surface area contributed by atoms with Crippen molar-refractivity contribution < 1.29 is 9.59 Å². The number of anilines is 1. The summed E-state index contributed by atoms with van der Waals surface area (Å²) in [6.45, 7) is 0. The number of nitrogens with zero attached hydrogens (tertiary/aromatic N) is 1. The molecule has 0 fully saturated rings. The van der Waals surface area contributed by atoms with Crippen LogP contribution in [0.25, 0.3) is 10.8 Å². The number of ketones is 1. The van der Waals surface area contributed by atoms with Crippen molar-refractivity contribution >= 4 is 28.2 Å². The van der Waals surface area contributed by atoms with Crippen LogP contribution in [0.15, 0.2) is 54.7 Å². The van der Waals surface area contributed by atoms with Crippen LogP contribution in [0.1, 0.15) is 10.5 Å². The molecule has 0 saturated heterocycles. The number of nitrogens with one attached hydrogen (secondary N) is 2. The number of carbonyl (C=O) groups is 2. The second-order valence-corrected chi connectivity index (χ2v) is 4.28. The lowest BCUT2D eigenvalue weighted by Gasteiger charge is -2.07. The van der Waals surface area contributed by atoms with Crippen LogP contribution in [0.2, 0.25) is 0 Å². The van der Waals surface area contributed by atoms with E-state index in [0.717, 1.165) is 10.8 Å². The third-order valence-electron chi connectivity index (χ3n) is 2.99. The van der Waals surface area contributed by atoms with E-state index >= 15 is 0 Å². The minimum absolute atomic E-state index is 0.169. The van der Waals surface area contributed by atoms with Crippen molar-refractivity contribution in [1.82, 2.24) is 10.2 Å². The van der Waals surface area contributed by atoms with Gasteiger partial charge in [0.2, 0.25) is 0 Å². The zero-order valence-electron chi connectivity index (χ0n) is 10.5. The van der Waals surface area contributed by atoms with Gasteiger partial charge in [-0.15, -0.1) is 0 Å². The number of fused-ring (bicyclic) bond motifs is 1. The fourth-order valence-corrected chi connectivity index (χ4v) is 2.02. The number of aromatic amines is 1. The number of benzene rings is 2. The number of carbonyl (C=O) groups excluding carboxylic acids is 2. The molecule has 0 atom stereocenters. The van der Waals surface area contributed by atoms with E-state index in [1.165, 1.54) is 12.3 Å². The molecule has 0 bridgehead atoms. The van der Waals surface area contributed by atoms with Crippen LogP contribution in [0.5, 0.6) is 0 Å². The summed E-state index contributed by atoms with van der Waals surface area (Å²) in [7, 11) is 0. The van der Waals surface area contributed by atoms with Crippen LogP contribution >= 0.6 is 0 Å². The summed E-state index contributed by atoms with van der Waals surface area (Å²) in [5.74, 6) is -1.33. The maximum absolute atomic E-state index is 11.9. The van der Waals surface area contributed by atoms with Gasteiger partial charge in [-0.05, 0) is 17.5 Å². The molecule has 0 unspecified atom stereocenters. The Kier molecular flexibility index (Phi) is 3.01. The van der Waals surface area contributed by atoms with E-state index in [-0.39, 0.29) is 5.69 Å². The van der Waals surface area contributed by atoms with Crippen LogP contribution in [-0.4, -0.2) is 21.9 Å². The Bertz CT molecular complexity index is 773. The van der Waals surface area contributed by atoms with Gasteiger partial charge in [-0.2, -0.15) is 5.10 Å². The summed E-state index contributed by atoms with van der Waals surface area (Å²) < 4.78 is 0. The topological polar surface area (TPSA) is 74.8 Å². The summed E-state index contributed by atoms with van der Waals surface area (Å²) in [6.07, 6.45) is 1.43. The average Bonchev–Trinajstić information content (AvgIpc) is 3.01. The van der Waals surface area contributed by atoms with Crippen LogP contribution in [-0.2, 0) is 4.79 Å². The predicted molar refractivity (Wildman–Crippen MR) is 75.5 cm³/mol. The normalized spacial score (nSPS) is 10.4. The molecule has 3 rings (SSSR count). The van der Waals surface area contributed by atoms with Crippen molar-refractivity contribution in [2.75, 3.05) is 5.32 Å². The second-order valence-electron chi connectivity index (χ2n) is 4.28. The third kappa shape index (κ3) is 2.16. The lowest BCUT2D eigenvalue weighted by molar-refractivity contribution is -0.112. The van der Waals surface area contributed by atoms with E-state index in [2.05, 4.69) is 15.5 Å². The summed E-state index contributed by atoms with van der Waals surface area (Å²) >= 11 is 0. The smallest absolute Gasteiger partial charge is 0.298 e. The number of hydrogen-bond acceptors (Lipinski definition) is 3. The molecule has 0 aliphatic carbocycles. The molecule has 1 amide bonds. The Labute approximate surface area is 114 Å². The first kappa shape index (κ1) is 12.1. The zero-order valence-corrected chi connectivity index (χ0v) is 10.5. The van der Waals surface area contributed by atoms with E-state index < -0.39 is 11.7 Å². The molecule has 0 radical (unpaired) electrons. The van der Waals surface area contributed by atoms with Gasteiger partial charge in [-0.3, -0.25) is 14.7 Å². The maximum atomic E-state index is 11.9. The first-order valence-electron chi connectivity index (χ1n) is 6.08. The van der Waals surface area contributed by atoms with Crippen molar-refractivity contribution in [3.63, 3.8) is 0 Å². The third-order valence-corrected chi connectivity index (χ3v) is 2.99. The summed E-state index contributed by atoms with van der Waals surface area (Å²) in [4.78, 5) is 23.8. The molecule has 1 heterocycles. The van der Waals surface area contributed by atoms with Crippen molar-refractivity contribution in [3.8, 4) is 0 Å². The molecule has 20 heavy (non-hydrogen) atoms. The standard InChI is InChI=1S/C15H11N3O2/c19-14(13-8-9-16-18-13)15(20)17-12-7-3-5-10-4-1-2-6-11(10)12/h1-9H,(H,16,18)(H,17,20). The van der Waals surface area contributed by atoms with Crippen molar-refractivity contribution in [2.45, 2.75) is 0 Å². The molecular formula is C15H11N3O2. The minimum Gasteiger partial charge on any atom is -0.319 e. The first-order valence-corrected chi connectivity index (χ1v) is 6.08. The Morgan fingerprint density at radius 1 is 1.00 bits per heavy atom. The molecule has 0 saturated carbocycles. The first-order chi connectivity index (χ1) is 9.75. The van der Waals surface area contributed by atoms with Gasteiger partial charge in [0.15, 0.2) is 0 Å². The maximum Gasteiger partial charge on any atom is 0.298 e. The molecule has 0 aliphatic heterocycles. The summed E-state index contributed by atoms with van der Waals surface area (Å²) in [5, 5.41) is 10.7. The molecule has 3 aromatic rings. The monoisotopic (exact) mass is 265 g/mol. The number of H-pyrrole nitrogens is 1.